The molecule has 2 aromatic carbocycles. The zero-order chi connectivity index (χ0) is 20.4. The summed E-state index contributed by atoms with van der Waals surface area (Å²) in [7, 11) is 1.62. The van der Waals surface area contributed by atoms with Crippen molar-refractivity contribution in [1.29, 1.82) is 5.26 Å². The standard InChI is InChI=1S/C22H17N5O2/c1-14(28)26-17-5-7-18(8-6-17)27-12-16(11-23)21-22(27)20(24-13-25-21)15-3-9-19(29-2)10-4-15/h3-10,12-13H,1-2H3,(H,26,28). The molecule has 0 spiro atoms. The summed E-state index contributed by atoms with van der Waals surface area (Å²) in [5.74, 6) is 0.617. The monoisotopic (exact) mass is 383 g/mol. The van der Waals surface area contributed by atoms with Gasteiger partial charge in [0, 0.05) is 30.1 Å². The molecule has 0 aliphatic heterocycles. The number of nitrogens with one attached hydrogen (secondary N) is 1. The number of ether oxygens (including phenoxy) is 1. The zero-order valence-electron chi connectivity index (χ0n) is 15.9. The third-order valence-corrected chi connectivity index (χ3v) is 4.53. The maximum Gasteiger partial charge on any atom is 0.221 e. The van der Waals surface area contributed by atoms with Gasteiger partial charge in [0.05, 0.1) is 23.9 Å². The van der Waals surface area contributed by atoms with Crippen LogP contribution in [0.5, 0.6) is 5.75 Å². The third kappa shape index (κ3) is 3.39. The van der Waals surface area contributed by atoms with Crippen LogP contribution in [0.3, 0.4) is 0 Å². The zero-order valence-corrected chi connectivity index (χ0v) is 15.9. The van der Waals surface area contributed by atoms with Crippen LogP contribution in [0.1, 0.15) is 12.5 Å². The van der Waals surface area contributed by atoms with Gasteiger partial charge < -0.3 is 14.6 Å². The first-order valence-electron chi connectivity index (χ1n) is 8.89. The Hall–Kier alpha value is -4.18. The van der Waals surface area contributed by atoms with E-state index in [4.69, 9.17) is 4.74 Å². The van der Waals surface area contributed by atoms with Crippen molar-refractivity contribution in [3.8, 4) is 28.8 Å². The van der Waals surface area contributed by atoms with Crippen molar-refractivity contribution in [1.82, 2.24) is 14.5 Å². The van der Waals surface area contributed by atoms with Gasteiger partial charge in [-0.1, -0.05) is 0 Å². The number of rotatable bonds is 4. The fourth-order valence-corrected chi connectivity index (χ4v) is 3.21. The molecule has 7 nitrogen and oxygen atoms in total. The number of anilines is 1. The Morgan fingerprint density at radius 2 is 1.83 bits per heavy atom. The number of carbonyl (C=O) groups excluding carboxylic acids is 1. The molecule has 0 unspecified atom stereocenters. The van der Waals surface area contributed by atoms with Crippen molar-refractivity contribution < 1.29 is 9.53 Å². The quantitative estimate of drug-likeness (QED) is 0.576. The van der Waals surface area contributed by atoms with Gasteiger partial charge in [-0.25, -0.2) is 9.97 Å². The highest BCUT2D eigenvalue weighted by Gasteiger charge is 2.17. The van der Waals surface area contributed by atoms with Crippen molar-refractivity contribution >= 4 is 22.6 Å². The molecule has 4 rings (SSSR count). The molecule has 0 saturated carbocycles. The van der Waals surface area contributed by atoms with Crippen LogP contribution >= 0.6 is 0 Å². The second-order valence-corrected chi connectivity index (χ2v) is 6.40. The molecular weight excluding hydrogens is 366 g/mol. The van der Waals surface area contributed by atoms with Crippen LogP contribution in [0.15, 0.2) is 61.1 Å². The molecular formula is C22H17N5O2. The molecule has 0 aliphatic rings. The predicted octanol–water partition coefficient (Wildman–Crippen LogP) is 3.93. The lowest BCUT2D eigenvalue weighted by Gasteiger charge is -2.10. The Kier molecular flexibility index (Phi) is 4.67. The average Bonchev–Trinajstić information content (AvgIpc) is 3.13. The molecule has 2 heterocycles. The van der Waals surface area contributed by atoms with Crippen molar-refractivity contribution in [2.24, 2.45) is 0 Å². The summed E-state index contributed by atoms with van der Waals surface area (Å²) in [6, 6.07) is 17.1. The third-order valence-electron chi connectivity index (χ3n) is 4.53. The second-order valence-electron chi connectivity index (χ2n) is 6.40. The summed E-state index contributed by atoms with van der Waals surface area (Å²) < 4.78 is 7.13. The molecule has 0 atom stereocenters. The number of hydrogen-bond donors (Lipinski definition) is 1. The molecule has 0 radical (unpaired) electrons. The minimum Gasteiger partial charge on any atom is -0.497 e. The number of amides is 1. The average molecular weight is 383 g/mol. The van der Waals surface area contributed by atoms with Gasteiger partial charge in [0.2, 0.25) is 5.91 Å². The molecule has 142 valence electrons. The molecule has 0 fully saturated rings. The van der Waals surface area contributed by atoms with Gasteiger partial charge >= 0.3 is 0 Å². The number of methoxy groups -OCH3 is 1. The number of nitriles is 1. The van der Waals surface area contributed by atoms with E-state index in [1.165, 1.54) is 13.3 Å². The topological polar surface area (TPSA) is 92.8 Å². The lowest BCUT2D eigenvalue weighted by molar-refractivity contribution is -0.114. The van der Waals surface area contributed by atoms with Crippen LogP contribution in [-0.2, 0) is 4.79 Å². The minimum absolute atomic E-state index is 0.133. The summed E-state index contributed by atoms with van der Waals surface area (Å²) in [5, 5.41) is 12.3. The van der Waals surface area contributed by atoms with E-state index >= 15 is 0 Å². The second kappa shape index (κ2) is 7.44. The van der Waals surface area contributed by atoms with Gasteiger partial charge in [0.1, 0.15) is 23.7 Å². The highest BCUT2D eigenvalue weighted by atomic mass is 16.5. The number of carbonyl (C=O) groups is 1. The van der Waals surface area contributed by atoms with Crippen LogP contribution < -0.4 is 10.1 Å². The first-order chi connectivity index (χ1) is 14.1. The van der Waals surface area contributed by atoms with Crippen LogP contribution in [0, 0.1) is 11.3 Å². The first kappa shape index (κ1) is 18.2. The molecule has 1 amide bonds. The van der Waals surface area contributed by atoms with Crippen molar-refractivity contribution in [2.45, 2.75) is 6.92 Å². The van der Waals surface area contributed by atoms with Crippen molar-refractivity contribution in [2.75, 3.05) is 12.4 Å². The minimum atomic E-state index is -0.133. The number of hydrogen-bond acceptors (Lipinski definition) is 5. The van der Waals surface area contributed by atoms with Crippen molar-refractivity contribution in [3.05, 3.63) is 66.6 Å². The summed E-state index contributed by atoms with van der Waals surface area (Å²) >= 11 is 0. The Labute approximate surface area is 167 Å². The van der Waals surface area contributed by atoms with E-state index in [9.17, 15) is 10.1 Å². The first-order valence-corrected chi connectivity index (χ1v) is 8.89. The van der Waals surface area contributed by atoms with Crippen molar-refractivity contribution in [3.63, 3.8) is 0 Å². The van der Waals surface area contributed by atoms with E-state index in [1.54, 1.807) is 13.3 Å². The molecule has 0 saturated heterocycles. The summed E-state index contributed by atoms with van der Waals surface area (Å²) in [6.07, 6.45) is 3.22. The number of aromatic nitrogens is 3. The number of benzene rings is 2. The van der Waals surface area contributed by atoms with Gasteiger partial charge in [0.25, 0.3) is 0 Å². The van der Waals surface area contributed by atoms with Crippen LogP contribution in [0.25, 0.3) is 28.0 Å². The normalized spacial score (nSPS) is 10.5. The number of nitrogens with zero attached hydrogens (tertiary/aromatic N) is 4. The molecule has 7 heteroatoms. The van der Waals surface area contributed by atoms with Gasteiger partial charge in [-0.3, -0.25) is 4.79 Å². The molecule has 29 heavy (non-hydrogen) atoms. The number of fused-ring (bicyclic) bond motifs is 1. The van der Waals surface area contributed by atoms with Crippen LogP contribution in [-0.4, -0.2) is 27.6 Å². The van der Waals surface area contributed by atoms with E-state index in [2.05, 4.69) is 21.4 Å². The fourth-order valence-electron chi connectivity index (χ4n) is 3.21. The van der Waals surface area contributed by atoms with Gasteiger partial charge in [-0.15, -0.1) is 0 Å². The smallest absolute Gasteiger partial charge is 0.221 e. The summed E-state index contributed by atoms with van der Waals surface area (Å²) in [5.41, 5.74) is 4.91. The van der Waals surface area contributed by atoms with Crippen LogP contribution in [0.4, 0.5) is 5.69 Å². The molecule has 0 aliphatic carbocycles. The van der Waals surface area contributed by atoms with E-state index in [-0.39, 0.29) is 5.91 Å². The lowest BCUT2D eigenvalue weighted by Crippen LogP contribution is -2.05. The van der Waals surface area contributed by atoms with Crippen LogP contribution in [0.2, 0.25) is 0 Å². The Bertz CT molecular complexity index is 1240. The van der Waals surface area contributed by atoms with E-state index in [0.717, 1.165) is 22.5 Å². The highest BCUT2D eigenvalue weighted by Crippen LogP contribution is 2.31. The van der Waals surface area contributed by atoms with E-state index < -0.39 is 0 Å². The van der Waals surface area contributed by atoms with Gasteiger partial charge in [-0.2, -0.15) is 5.26 Å². The van der Waals surface area contributed by atoms with E-state index in [0.29, 0.717) is 22.5 Å². The maximum atomic E-state index is 11.3. The highest BCUT2D eigenvalue weighted by molar-refractivity contribution is 5.95. The Morgan fingerprint density at radius 1 is 1.10 bits per heavy atom. The molecule has 4 aromatic rings. The van der Waals surface area contributed by atoms with E-state index in [1.807, 2.05) is 53.1 Å². The lowest BCUT2D eigenvalue weighted by atomic mass is 10.1. The summed E-state index contributed by atoms with van der Waals surface area (Å²) in [6.45, 7) is 1.46. The Morgan fingerprint density at radius 3 is 2.45 bits per heavy atom. The maximum absolute atomic E-state index is 11.3. The molecule has 0 bridgehead atoms. The largest absolute Gasteiger partial charge is 0.497 e. The summed E-state index contributed by atoms with van der Waals surface area (Å²) in [4.78, 5) is 20.1. The Balaban J connectivity index is 1.90. The van der Waals surface area contributed by atoms with Gasteiger partial charge in [0.15, 0.2) is 0 Å². The SMILES string of the molecule is COc1ccc(-c2ncnc3c(C#N)cn(-c4ccc(NC(C)=O)cc4)c23)cc1. The molecule has 1 N–H and O–H groups in total. The molecule has 2 aromatic heterocycles. The predicted molar refractivity (Wildman–Crippen MR) is 110 cm³/mol. The van der Waals surface area contributed by atoms with Gasteiger partial charge in [-0.05, 0) is 48.5 Å². The fraction of sp³-hybridized carbons (Fsp3) is 0.0909.